The number of hydrogen-bond donors (Lipinski definition) is 2. The van der Waals surface area contributed by atoms with Crippen LogP contribution < -0.4 is 11.1 Å². The molecule has 0 radical (unpaired) electrons. The van der Waals surface area contributed by atoms with Gasteiger partial charge in [-0.25, -0.2) is 0 Å². The quantitative estimate of drug-likeness (QED) is 0.791. The van der Waals surface area contributed by atoms with E-state index in [2.05, 4.69) is 10.4 Å². The second-order valence-corrected chi connectivity index (χ2v) is 4.44. The molecule has 1 rings (SSSR count). The zero-order valence-electron chi connectivity index (χ0n) is 10.8. The van der Waals surface area contributed by atoms with Gasteiger partial charge in [0, 0.05) is 26.4 Å². The second kappa shape index (κ2) is 5.18. The summed E-state index contributed by atoms with van der Waals surface area (Å²) in [5, 5.41) is 6.84. The summed E-state index contributed by atoms with van der Waals surface area (Å²) in [7, 11) is 1.60. The summed E-state index contributed by atoms with van der Waals surface area (Å²) in [5.74, 6) is -0.278. The number of ether oxygens (including phenoxy) is 1. The molecule has 0 atom stereocenters. The lowest BCUT2D eigenvalue weighted by Gasteiger charge is -2.22. The number of nitrogens with one attached hydrogen (secondary N) is 1. The van der Waals surface area contributed by atoms with Gasteiger partial charge in [0.15, 0.2) is 5.69 Å². The van der Waals surface area contributed by atoms with E-state index < -0.39 is 5.60 Å². The van der Waals surface area contributed by atoms with Gasteiger partial charge in [-0.1, -0.05) is 0 Å². The van der Waals surface area contributed by atoms with Crippen LogP contribution >= 0.6 is 0 Å². The summed E-state index contributed by atoms with van der Waals surface area (Å²) in [6.45, 7) is 6.80. The molecule has 6 heteroatoms. The van der Waals surface area contributed by atoms with E-state index in [4.69, 9.17) is 10.5 Å². The molecule has 96 valence electrons. The van der Waals surface area contributed by atoms with Crippen LogP contribution in [-0.2, 0) is 11.3 Å². The van der Waals surface area contributed by atoms with Crippen LogP contribution in [0.5, 0.6) is 0 Å². The van der Waals surface area contributed by atoms with Gasteiger partial charge in [0.2, 0.25) is 0 Å². The van der Waals surface area contributed by atoms with Gasteiger partial charge < -0.3 is 15.8 Å². The van der Waals surface area contributed by atoms with E-state index in [0.717, 1.165) is 0 Å². The average Bonchev–Trinajstić information content (AvgIpc) is 2.68. The third-order valence-corrected chi connectivity index (χ3v) is 2.56. The van der Waals surface area contributed by atoms with Crippen LogP contribution in [0.2, 0.25) is 0 Å². The lowest BCUT2D eigenvalue weighted by atomic mass is 10.1. The topological polar surface area (TPSA) is 82.2 Å². The van der Waals surface area contributed by atoms with Gasteiger partial charge in [-0.3, -0.25) is 9.48 Å². The Balaban J connectivity index is 2.67. The molecule has 0 unspecified atom stereocenters. The van der Waals surface area contributed by atoms with E-state index in [1.54, 1.807) is 18.0 Å². The van der Waals surface area contributed by atoms with E-state index in [-0.39, 0.29) is 11.6 Å². The van der Waals surface area contributed by atoms with Crippen molar-refractivity contribution in [3.8, 4) is 0 Å². The Morgan fingerprint density at radius 3 is 2.76 bits per heavy atom. The van der Waals surface area contributed by atoms with E-state index in [0.29, 0.717) is 18.8 Å². The van der Waals surface area contributed by atoms with Crippen molar-refractivity contribution < 1.29 is 9.53 Å². The minimum atomic E-state index is -0.405. The Morgan fingerprint density at radius 2 is 2.29 bits per heavy atom. The number of rotatable bonds is 5. The first-order valence-electron chi connectivity index (χ1n) is 5.56. The summed E-state index contributed by atoms with van der Waals surface area (Å²) in [4.78, 5) is 11.8. The summed E-state index contributed by atoms with van der Waals surface area (Å²) in [6, 6.07) is 0. The molecule has 1 amide bonds. The van der Waals surface area contributed by atoms with Gasteiger partial charge in [-0.2, -0.15) is 5.10 Å². The van der Waals surface area contributed by atoms with Crippen molar-refractivity contribution >= 4 is 11.6 Å². The lowest BCUT2D eigenvalue weighted by molar-refractivity contribution is 0.0228. The number of nitrogens with zero attached hydrogens (tertiary/aromatic N) is 2. The van der Waals surface area contributed by atoms with Crippen molar-refractivity contribution in [2.75, 3.05) is 19.4 Å². The van der Waals surface area contributed by atoms with Crippen LogP contribution in [0.25, 0.3) is 0 Å². The molecule has 0 aliphatic carbocycles. The van der Waals surface area contributed by atoms with Crippen LogP contribution in [0.15, 0.2) is 6.20 Å². The molecule has 0 bridgehead atoms. The van der Waals surface area contributed by atoms with Crippen LogP contribution in [-0.4, -0.2) is 34.9 Å². The van der Waals surface area contributed by atoms with E-state index in [9.17, 15) is 4.79 Å². The predicted molar refractivity (Wildman–Crippen MR) is 65.7 cm³/mol. The molecule has 0 aliphatic rings. The molecular weight excluding hydrogens is 220 g/mol. The highest BCUT2D eigenvalue weighted by molar-refractivity contribution is 5.97. The summed E-state index contributed by atoms with van der Waals surface area (Å²) >= 11 is 0. The lowest BCUT2D eigenvalue weighted by Crippen LogP contribution is -2.40. The number of nitrogens with two attached hydrogens (primary N) is 1. The van der Waals surface area contributed by atoms with Crippen molar-refractivity contribution in [1.82, 2.24) is 15.1 Å². The number of anilines is 1. The third-order valence-electron chi connectivity index (χ3n) is 2.56. The van der Waals surface area contributed by atoms with Gasteiger partial charge in [0.25, 0.3) is 5.91 Å². The van der Waals surface area contributed by atoms with Crippen molar-refractivity contribution in [3.05, 3.63) is 11.9 Å². The monoisotopic (exact) mass is 240 g/mol. The number of methoxy groups -OCH3 is 1. The smallest absolute Gasteiger partial charge is 0.274 e. The molecule has 0 aromatic carbocycles. The number of carbonyl (C=O) groups excluding carboxylic acids is 1. The molecule has 17 heavy (non-hydrogen) atoms. The molecule has 0 saturated carbocycles. The molecule has 1 heterocycles. The van der Waals surface area contributed by atoms with Gasteiger partial charge in [0.1, 0.15) is 0 Å². The van der Waals surface area contributed by atoms with E-state index in [1.807, 2.05) is 20.8 Å². The molecular formula is C11H20N4O2. The highest BCUT2D eigenvalue weighted by Gasteiger charge is 2.20. The first-order chi connectivity index (χ1) is 7.89. The maximum absolute atomic E-state index is 11.8. The number of amides is 1. The van der Waals surface area contributed by atoms with E-state index >= 15 is 0 Å². The summed E-state index contributed by atoms with van der Waals surface area (Å²) in [5.41, 5.74) is 5.96. The van der Waals surface area contributed by atoms with Gasteiger partial charge in [-0.05, 0) is 20.8 Å². The average molecular weight is 240 g/mol. The van der Waals surface area contributed by atoms with Crippen molar-refractivity contribution in [1.29, 1.82) is 0 Å². The Bertz CT molecular complexity index is 398. The van der Waals surface area contributed by atoms with Crippen molar-refractivity contribution in [3.63, 3.8) is 0 Å². The minimum Gasteiger partial charge on any atom is -0.396 e. The predicted octanol–water partition coefficient (Wildman–Crippen LogP) is 0.640. The summed E-state index contributed by atoms with van der Waals surface area (Å²) < 4.78 is 6.84. The fourth-order valence-electron chi connectivity index (χ4n) is 1.22. The first-order valence-corrected chi connectivity index (χ1v) is 5.56. The SMILES string of the molecule is CCn1cc(N)c(C(=O)NCC(C)(C)OC)n1. The highest BCUT2D eigenvalue weighted by Crippen LogP contribution is 2.10. The van der Waals surface area contributed by atoms with Crippen LogP contribution in [0.3, 0.4) is 0 Å². The Kier molecular flexibility index (Phi) is 4.11. The molecule has 0 aliphatic heterocycles. The fourth-order valence-corrected chi connectivity index (χ4v) is 1.22. The van der Waals surface area contributed by atoms with Gasteiger partial charge in [0.05, 0.1) is 11.3 Å². The molecule has 0 fully saturated rings. The van der Waals surface area contributed by atoms with Gasteiger partial charge >= 0.3 is 0 Å². The van der Waals surface area contributed by atoms with Crippen LogP contribution in [0.1, 0.15) is 31.3 Å². The number of aryl methyl sites for hydroxylation is 1. The second-order valence-electron chi connectivity index (χ2n) is 4.44. The van der Waals surface area contributed by atoms with Crippen LogP contribution in [0, 0.1) is 0 Å². The zero-order valence-corrected chi connectivity index (χ0v) is 10.8. The molecule has 0 saturated heterocycles. The number of aromatic nitrogens is 2. The Hall–Kier alpha value is -1.56. The molecule has 1 aromatic rings. The Labute approximate surface area is 101 Å². The van der Waals surface area contributed by atoms with Gasteiger partial charge in [-0.15, -0.1) is 0 Å². The van der Waals surface area contributed by atoms with E-state index in [1.165, 1.54) is 0 Å². The maximum atomic E-state index is 11.8. The maximum Gasteiger partial charge on any atom is 0.274 e. The highest BCUT2D eigenvalue weighted by atomic mass is 16.5. The molecule has 6 nitrogen and oxygen atoms in total. The van der Waals surface area contributed by atoms with Crippen molar-refractivity contribution in [2.24, 2.45) is 0 Å². The number of carbonyl (C=O) groups is 1. The zero-order chi connectivity index (χ0) is 13.1. The summed E-state index contributed by atoms with van der Waals surface area (Å²) in [6.07, 6.45) is 1.65. The van der Waals surface area contributed by atoms with Crippen LogP contribution in [0.4, 0.5) is 5.69 Å². The third kappa shape index (κ3) is 3.45. The largest absolute Gasteiger partial charge is 0.396 e. The molecule has 3 N–H and O–H groups in total. The minimum absolute atomic E-state index is 0.263. The standard InChI is InChI=1S/C11H20N4O2/c1-5-15-6-8(12)9(14-15)10(16)13-7-11(2,3)17-4/h6H,5,7,12H2,1-4H3,(H,13,16). The molecule has 1 aromatic heterocycles. The normalized spacial score (nSPS) is 11.5. The Morgan fingerprint density at radius 1 is 1.65 bits per heavy atom. The fraction of sp³-hybridized carbons (Fsp3) is 0.636. The molecule has 0 spiro atoms. The number of hydrogen-bond acceptors (Lipinski definition) is 4. The van der Waals surface area contributed by atoms with Crippen molar-refractivity contribution in [2.45, 2.75) is 32.9 Å². The first kappa shape index (κ1) is 13.5. The number of nitrogen functional groups attached to an aromatic ring is 1.